The standard InChI is InChI=1S/C14H13BrFN3O/c15-10-4-1-3-9(12(10)16)14(20)19-8-2-5-11(19)13-17-6-7-18-13/h1,3-4,6-7,11H,2,5,8H2,(H,17,18)/t11-/m1/s1. The predicted octanol–water partition coefficient (Wildman–Crippen LogP) is 3.29. The lowest BCUT2D eigenvalue weighted by atomic mass is 10.1. The fourth-order valence-corrected chi connectivity index (χ4v) is 2.94. The van der Waals surface area contributed by atoms with Crippen molar-refractivity contribution in [2.45, 2.75) is 18.9 Å². The Kier molecular flexibility index (Phi) is 3.56. The lowest BCUT2D eigenvalue weighted by molar-refractivity contribution is 0.0725. The van der Waals surface area contributed by atoms with Crippen LogP contribution in [0.25, 0.3) is 0 Å². The molecular weight excluding hydrogens is 325 g/mol. The second-order valence-electron chi connectivity index (χ2n) is 4.73. The zero-order chi connectivity index (χ0) is 14.1. The van der Waals surface area contributed by atoms with Gasteiger partial charge in [0.15, 0.2) is 0 Å². The van der Waals surface area contributed by atoms with Crippen molar-refractivity contribution in [1.29, 1.82) is 0 Å². The largest absolute Gasteiger partial charge is 0.347 e. The molecule has 0 radical (unpaired) electrons. The zero-order valence-electron chi connectivity index (χ0n) is 10.6. The number of amides is 1. The molecule has 6 heteroatoms. The molecule has 2 heterocycles. The van der Waals surface area contributed by atoms with Gasteiger partial charge in [0.05, 0.1) is 16.1 Å². The lowest BCUT2D eigenvalue weighted by Crippen LogP contribution is -2.31. The highest BCUT2D eigenvalue weighted by Crippen LogP contribution is 2.32. The van der Waals surface area contributed by atoms with Gasteiger partial charge in [0.25, 0.3) is 5.91 Å². The maximum absolute atomic E-state index is 14.1. The molecule has 0 aliphatic carbocycles. The normalized spacial score (nSPS) is 18.5. The summed E-state index contributed by atoms with van der Waals surface area (Å²) in [5, 5.41) is 0. The number of carbonyl (C=O) groups is 1. The highest BCUT2D eigenvalue weighted by Gasteiger charge is 2.33. The molecule has 0 bridgehead atoms. The quantitative estimate of drug-likeness (QED) is 0.914. The van der Waals surface area contributed by atoms with Gasteiger partial charge in [-0.1, -0.05) is 6.07 Å². The van der Waals surface area contributed by atoms with Gasteiger partial charge in [-0.2, -0.15) is 0 Å². The molecule has 0 saturated carbocycles. The fourth-order valence-electron chi connectivity index (χ4n) is 2.58. The Hall–Kier alpha value is -1.69. The Labute approximate surface area is 124 Å². The van der Waals surface area contributed by atoms with Crippen LogP contribution in [0.5, 0.6) is 0 Å². The van der Waals surface area contributed by atoms with Crippen molar-refractivity contribution in [3.05, 3.63) is 52.3 Å². The SMILES string of the molecule is O=C(c1cccc(Br)c1F)N1CCC[C@@H]1c1ncc[nH]1. The van der Waals surface area contributed by atoms with Gasteiger partial charge in [-0.25, -0.2) is 9.37 Å². The second-order valence-corrected chi connectivity index (χ2v) is 5.59. The van der Waals surface area contributed by atoms with Crippen molar-refractivity contribution in [3.63, 3.8) is 0 Å². The van der Waals surface area contributed by atoms with Crippen molar-refractivity contribution >= 4 is 21.8 Å². The number of aromatic amines is 1. The third-order valence-electron chi connectivity index (χ3n) is 3.53. The third-order valence-corrected chi connectivity index (χ3v) is 4.14. The highest BCUT2D eigenvalue weighted by molar-refractivity contribution is 9.10. The number of likely N-dealkylation sites (tertiary alicyclic amines) is 1. The number of carbonyl (C=O) groups excluding carboxylic acids is 1. The number of H-pyrrole nitrogens is 1. The average Bonchev–Trinajstić information content (AvgIpc) is 3.10. The van der Waals surface area contributed by atoms with E-state index in [-0.39, 0.29) is 17.5 Å². The predicted molar refractivity (Wildman–Crippen MR) is 75.7 cm³/mol. The van der Waals surface area contributed by atoms with Crippen molar-refractivity contribution in [3.8, 4) is 0 Å². The third kappa shape index (κ3) is 2.24. The number of imidazole rings is 1. The summed E-state index contributed by atoms with van der Waals surface area (Å²) in [6.07, 6.45) is 5.13. The number of nitrogens with zero attached hydrogens (tertiary/aromatic N) is 2. The molecule has 0 unspecified atom stereocenters. The molecule has 1 atom stereocenters. The molecule has 1 fully saturated rings. The summed E-state index contributed by atoms with van der Waals surface area (Å²) >= 11 is 3.11. The highest BCUT2D eigenvalue weighted by atomic mass is 79.9. The summed E-state index contributed by atoms with van der Waals surface area (Å²) < 4.78 is 14.4. The number of aromatic nitrogens is 2. The van der Waals surface area contributed by atoms with Crippen molar-refractivity contribution in [1.82, 2.24) is 14.9 Å². The van der Waals surface area contributed by atoms with Crippen LogP contribution in [0, 0.1) is 5.82 Å². The van der Waals surface area contributed by atoms with E-state index in [0.29, 0.717) is 11.0 Å². The van der Waals surface area contributed by atoms with Gasteiger partial charge in [0.1, 0.15) is 11.6 Å². The summed E-state index contributed by atoms with van der Waals surface area (Å²) in [6, 6.07) is 4.66. The van der Waals surface area contributed by atoms with E-state index >= 15 is 0 Å². The number of nitrogens with one attached hydrogen (secondary N) is 1. The molecule has 2 aromatic rings. The van der Waals surface area contributed by atoms with Crippen LogP contribution in [-0.2, 0) is 0 Å². The van der Waals surface area contributed by atoms with Crippen LogP contribution in [0.15, 0.2) is 35.1 Å². The van der Waals surface area contributed by atoms with Crippen molar-refractivity contribution in [2.75, 3.05) is 6.54 Å². The van der Waals surface area contributed by atoms with E-state index in [9.17, 15) is 9.18 Å². The molecule has 1 aliphatic rings. The smallest absolute Gasteiger partial charge is 0.257 e. The molecule has 104 valence electrons. The monoisotopic (exact) mass is 337 g/mol. The summed E-state index contributed by atoms with van der Waals surface area (Å²) in [5.41, 5.74) is 0.0952. The molecule has 20 heavy (non-hydrogen) atoms. The number of halogens is 2. The summed E-state index contributed by atoms with van der Waals surface area (Å²) in [6.45, 7) is 0.621. The first-order chi connectivity index (χ1) is 9.68. The maximum atomic E-state index is 14.1. The van der Waals surface area contributed by atoms with Gasteiger partial charge >= 0.3 is 0 Å². The first-order valence-corrected chi connectivity index (χ1v) is 7.22. The minimum Gasteiger partial charge on any atom is -0.347 e. The Balaban J connectivity index is 1.92. The Morgan fingerprint density at radius 2 is 2.35 bits per heavy atom. The van der Waals surface area contributed by atoms with Crippen LogP contribution in [0.2, 0.25) is 0 Å². The number of hydrogen-bond donors (Lipinski definition) is 1. The number of rotatable bonds is 2. The van der Waals surface area contributed by atoms with Crippen molar-refractivity contribution in [2.24, 2.45) is 0 Å². The molecule has 1 amide bonds. The first-order valence-electron chi connectivity index (χ1n) is 6.42. The Bertz CT molecular complexity index is 629. The molecule has 1 aliphatic heterocycles. The molecular formula is C14H13BrFN3O. The van der Waals surface area contributed by atoms with Crippen LogP contribution >= 0.6 is 15.9 Å². The van der Waals surface area contributed by atoms with E-state index in [4.69, 9.17) is 0 Å². The van der Waals surface area contributed by atoms with E-state index in [1.807, 2.05) is 0 Å². The number of hydrogen-bond acceptors (Lipinski definition) is 2. The minimum absolute atomic E-state index is 0.0952. The topological polar surface area (TPSA) is 49.0 Å². The van der Waals surface area contributed by atoms with Gasteiger partial charge in [-0.05, 0) is 40.9 Å². The number of benzene rings is 1. The maximum Gasteiger partial charge on any atom is 0.257 e. The molecule has 4 nitrogen and oxygen atoms in total. The van der Waals surface area contributed by atoms with Crippen LogP contribution in [0.3, 0.4) is 0 Å². The van der Waals surface area contributed by atoms with Gasteiger partial charge in [-0.3, -0.25) is 4.79 Å². The fraction of sp³-hybridized carbons (Fsp3) is 0.286. The lowest BCUT2D eigenvalue weighted by Gasteiger charge is -2.23. The summed E-state index contributed by atoms with van der Waals surface area (Å²) in [4.78, 5) is 21.5. The van der Waals surface area contributed by atoms with Gasteiger partial charge in [-0.15, -0.1) is 0 Å². The molecule has 1 aromatic carbocycles. The molecule has 0 spiro atoms. The van der Waals surface area contributed by atoms with Gasteiger partial charge in [0, 0.05) is 18.9 Å². The van der Waals surface area contributed by atoms with Gasteiger partial charge < -0.3 is 9.88 Å². The Morgan fingerprint density at radius 3 is 3.10 bits per heavy atom. The van der Waals surface area contributed by atoms with Crippen LogP contribution in [0.1, 0.15) is 35.1 Å². The second kappa shape index (κ2) is 5.36. The van der Waals surface area contributed by atoms with Crippen LogP contribution in [0.4, 0.5) is 4.39 Å². The van der Waals surface area contributed by atoms with Gasteiger partial charge in [0.2, 0.25) is 0 Å². The average molecular weight is 338 g/mol. The summed E-state index contributed by atoms with van der Waals surface area (Å²) in [5.74, 6) is -0.0449. The van der Waals surface area contributed by atoms with E-state index < -0.39 is 5.82 Å². The molecule has 1 N–H and O–H groups in total. The van der Waals surface area contributed by atoms with E-state index in [1.54, 1.807) is 29.4 Å². The van der Waals surface area contributed by atoms with E-state index in [0.717, 1.165) is 18.7 Å². The first kappa shape index (κ1) is 13.3. The summed E-state index contributed by atoms with van der Waals surface area (Å²) in [7, 11) is 0. The van der Waals surface area contributed by atoms with E-state index in [2.05, 4.69) is 25.9 Å². The Morgan fingerprint density at radius 1 is 1.50 bits per heavy atom. The van der Waals surface area contributed by atoms with E-state index in [1.165, 1.54) is 6.07 Å². The van der Waals surface area contributed by atoms with Crippen molar-refractivity contribution < 1.29 is 9.18 Å². The molecule has 3 rings (SSSR count). The minimum atomic E-state index is -0.511. The molecule has 1 saturated heterocycles. The molecule has 1 aromatic heterocycles. The van der Waals surface area contributed by atoms with Crippen LogP contribution in [-0.4, -0.2) is 27.3 Å². The van der Waals surface area contributed by atoms with Crippen LogP contribution < -0.4 is 0 Å². The zero-order valence-corrected chi connectivity index (χ0v) is 12.2.